The average Bonchev–Trinajstić information content (AvgIpc) is 3.08. The van der Waals surface area contributed by atoms with Crippen molar-refractivity contribution in [3.05, 3.63) is 84.9 Å². The molecule has 1 aromatic heterocycles. The molecule has 0 N–H and O–H groups in total. The summed E-state index contributed by atoms with van der Waals surface area (Å²) in [5, 5.41) is 6.38. The zero-order valence-electron chi connectivity index (χ0n) is 20.0. The van der Waals surface area contributed by atoms with Crippen LogP contribution in [0.5, 0.6) is 23.0 Å². The van der Waals surface area contributed by atoms with E-state index in [-0.39, 0.29) is 0 Å². The second kappa shape index (κ2) is 9.06. The van der Waals surface area contributed by atoms with Gasteiger partial charge in [0.1, 0.15) is 16.9 Å². The summed E-state index contributed by atoms with van der Waals surface area (Å²) in [4.78, 5) is 0. The molecular formula is C29H23O6P. The molecule has 0 aliphatic carbocycles. The lowest BCUT2D eigenvalue weighted by Crippen LogP contribution is -1.95. The lowest BCUT2D eigenvalue weighted by atomic mass is 9.99. The SMILES string of the molecule is COc1cc(Op2oc3ccc4ccccc4c3c3c(ccc4ccccc43)o2)cc(OC)c1OC. The van der Waals surface area contributed by atoms with Gasteiger partial charge in [0.25, 0.3) is 0 Å². The Morgan fingerprint density at radius 2 is 1.08 bits per heavy atom. The third kappa shape index (κ3) is 3.67. The monoisotopic (exact) mass is 498 g/mol. The molecule has 1 heterocycles. The highest BCUT2D eigenvalue weighted by atomic mass is 31.1. The molecular weight excluding hydrogens is 475 g/mol. The maximum atomic E-state index is 6.41. The van der Waals surface area contributed by atoms with Gasteiger partial charge in [-0.05, 0) is 33.7 Å². The molecule has 0 aliphatic heterocycles. The van der Waals surface area contributed by atoms with Gasteiger partial charge in [-0.3, -0.25) is 0 Å². The van der Waals surface area contributed by atoms with E-state index in [4.69, 9.17) is 27.1 Å². The van der Waals surface area contributed by atoms with E-state index >= 15 is 0 Å². The van der Waals surface area contributed by atoms with Crippen molar-refractivity contribution in [2.75, 3.05) is 21.3 Å². The molecule has 0 unspecified atom stereocenters. The molecule has 0 radical (unpaired) electrons. The van der Waals surface area contributed by atoms with Crippen molar-refractivity contribution in [2.24, 2.45) is 0 Å². The molecule has 0 amide bonds. The summed E-state index contributed by atoms with van der Waals surface area (Å²) >= 11 is 0. The predicted octanol–water partition coefficient (Wildman–Crippen LogP) is 8.46. The van der Waals surface area contributed by atoms with Crippen molar-refractivity contribution in [1.82, 2.24) is 0 Å². The van der Waals surface area contributed by atoms with Crippen LogP contribution in [-0.4, -0.2) is 21.3 Å². The highest BCUT2D eigenvalue weighted by molar-refractivity contribution is 7.32. The van der Waals surface area contributed by atoms with Crippen LogP contribution in [0.15, 0.2) is 93.3 Å². The molecule has 180 valence electrons. The van der Waals surface area contributed by atoms with Gasteiger partial charge in [-0.15, -0.1) is 0 Å². The van der Waals surface area contributed by atoms with Crippen molar-refractivity contribution < 1.29 is 27.1 Å². The zero-order valence-corrected chi connectivity index (χ0v) is 20.9. The van der Waals surface area contributed by atoms with E-state index in [1.165, 1.54) is 0 Å². The van der Waals surface area contributed by atoms with E-state index in [1.54, 1.807) is 33.5 Å². The van der Waals surface area contributed by atoms with Gasteiger partial charge in [-0.1, -0.05) is 60.7 Å². The molecule has 0 saturated heterocycles. The smallest absolute Gasteiger partial charge is 0.453 e. The molecule has 6 aromatic rings. The first-order valence-electron chi connectivity index (χ1n) is 11.4. The van der Waals surface area contributed by atoms with Crippen LogP contribution in [0, 0.1) is 0 Å². The number of hydrogen-bond acceptors (Lipinski definition) is 6. The molecule has 5 aromatic carbocycles. The largest absolute Gasteiger partial charge is 0.493 e. The summed E-state index contributed by atoms with van der Waals surface area (Å²) in [5.74, 6) is 1.92. The molecule has 0 saturated carbocycles. The Balaban J connectivity index is 1.67. The Bertz CT molecular complexity index is 1670. The van der Waals surface area contributed by atoms with Crippen LogP contribution in [0.25, 0.3) is 43.5 Å². The van der Waals surface area contributed by atoms with Gasteiger partial charge >= 0.3 is 8.24 Å². The number of ether oxygens (including phenoxy) is 3. The van der Waals surface area contributed by atoms with E-state index in [2.05, 4.69) is 36.4 Å². The van der Waals surface area contributed by atoms with Crippen molar-refractivity contribution in [3.8, 4) is 23.0 Å². The molecule has 7 heteroatoms. The van der Waals surface area contributed by atoms with Gasteiger partial charge in [0.05, 0.1) is 21.3 Å². The lowest BCUT2D eigenvalue weighted by molar-refractivity contribution is 0.322. The Morgan fingerprint density at radius 1 is 0.583 bits per heavy atom. The van der Waals surface area contributed by atoms with Crippen LogP contribution in [0.4, 0.5) is 0 Å². The molecule has 6 nitrogen and oxygen atoms in total. The van der Waals surface area contributed by atoms with Crippen molar-refractivity contribution >= 4 is 51.7 Å². The van der Waals surface area contributed by atoms with Crippen LogP contribution < -0.4 is 18.7 Å². The van der Waals surface area contributed by atoms with Gasteiger partial charge in [-0.25, -0.2) is 0 Å². The lowest BCUT2D eigenvalue weighted by Gasteiger charge is -2.13. The first-order chi connectivity index (χ1) is 17.7. The minimum Gasteiger partial charge on any atom is -0.493 e. The Morgan fingerprint density at radius 3 is 1.56 bits per heavy atom. The third-order valence-electron chi connectivity index (χ3n) is 6.20. The van der Waals surface area contributed by atoms with E-state index in [0.717, 1.165) is 32.3 Å². The van der Waals surface area contributed by atoms with Gasteiger partial charge in [0, 0.05) is 22.9 Å². The summed E-state index contributed by atoms with van der Waals surface area (Å²) in [7, 11) is 2.83. The first kappa shape index (κ1) is 22.2. The van der Waals surface area contributed by atoms with Crippen LogP contribution in [0.1, 0.15) is 0 Å². The molecule has 36 heavy (non-hydrogen) atoms. The van der Waals surface area contributed by atoms with Gasteiger partial charge in [0.2, 0.25) is 5.75 Å². The molecule has 0 spiro atoms. The first-order valence-corrected chi connectivity index (χ1v) is 12.5. The number of methoxy groups -OCH3 is 3. The predicted molar refractivity (Wildman–Crippen MR) is 143 cm³/mol. The fourth-order valence-corrected chi connectivity index (χ4v) is 5.60. The third-order valence-corrected chi connectivity index (χ3v) is 7.25. The summed E-state index contributed by atoms with van der Waals surface area (Å²) in [6, 6.07) is 28.1. The van der Waals surface area contributed by atoms with E-state index < -0.39 is 8.24 Å². The Labute approximate surface area is 208 Å². The number of fused-ring (bicyclic) bond motifs is 7. The topological polar surface area (TPSA) is 63.2 Å². The fourth-order valence-electron chi connectivity index (χ4n) is 4.58. The number of rotatable bonds is 5. The minimum absolute atomic E-state index is 0.474. The van der Waals surface area contributed by atoms with Crippen LogP contribution >= 0.6 is 8.24 Å². The standard InChI is InChI=1S/C29H23O6P/c1-30-25-16-20(17-26(31-2)29(25)32-3)33-36-34-23-14-12-18-8-4-6-10-21(18)27(23)28-22-11-7-5-9-19(22)13-15-24(28)35-36/h4-17H,1-3H3. The van der Waals surface area contributed by atoms with Crippen LogP contribution in [-0.2, 0) is 0 Å². The average molecular weight is 498 g/mol. The summed E-state index contributed by atoms with van der Waals surface area (Å²) in [6.07, 6.45) is 0. The van der Waals surface area contributed by atoms with E-state index in [1.807, 2.05) is 36.4 Å². The summed E-state index contributed by atoms with van der Waals surface area (Å²) in [6.45, 7) is 0. The highest BCUT2D eigenvalue weighted by Crippen LogP contribution is 2.45. The zero-order chi connectivity index (χ0) is 24.6. The second-order valence-corrected chi connectivity index (χ2v) is 9.17. The van der Waals surface area contributed by atoms with Gasteiger partial charge in [0.15, 0.2) is 11.5 Å². The van der Waals surface area contributed by atoms with Crippen molar-refractivity contribution in [3.63, 3.8) is 0 Å². The van der Waals surface area contributed by atoms with Crippen molar-refractivity contribution in [1.29, 1.82) is 0 Å². The maximum Gasteiger partial charge on any atom is 0.453 e. The quantitative estimate of drug-likeness (QED) is 0.238. The Hall–Kier alpha value is -4.28. The van der Waals surface area contributed by atoms with Gasteiger partial charge in [-0.2, -0.15) is 0 Å². The number of hydrogen-bond donors (Lipinski definition) is 0. The highest BCUT2D eigenvalue weighted by Gasteiger charge is 2.17. The minimum atomic E-state index is -1.86. The molecule has 0 fully saturated rings. The van der Waals surface area contributed by atoms with Crippen LogP contribution in [0.3, 0.4) is 0 Å². The number of benzene rings is 5. The maximum absolute atomic E-state index is 6.41. The van der Waals surface area contributed by atoms with Crippen molar-refractivity contribution in [2.45, 2.75) is 0 Å². The van der Waals surface area contributed by atoms with Gasteiger partial charge < -0.3 is 27.1 Å². The summed E-state index contributed by atoms with van der Waals surface area (Å²) < 4.78 is 35.5. The Kier molecular flexibility index (Phi) is 5.59. The summed E-state index contributed by atoms with van der Waals surface area (Å²) in [5.41, 5.74) is 1.39. The molecule has 0 atom stereocenters. The molecule has 0 bridgehead atoms. The second-order valence-electron chi connectivity index (χ2n) is 8.18. The molecule has 6 rings (SSSR count). The normalized spacial score (nSPS) is 11.2. The van der Waals surface area contributed by atoms with Crippen LogP contribution in [0.2, 0.25) is 0 Å². The molecule has 0 aliphatic rings. The fraction of sp³-hybridized carbons (Fsp3) is 0.103. The van der Waals surface area contributed by atoms with E-state index in [0.29, 0.717) is 34.2 Å². The van der Waals surface area contributed by atoms with E-state index in [9.17, 15) is 0 Å².